The number of nitrogens with one attached hydrogen (secondary N) is 1. The van der Waals surface area contributed by atoms with Crippen molar-refractivity contribution in [3.05, 3.63) is 42.0 Å². The van der Waals surface area contributed by atoms with E-state index in [2.05, 4.69) is 24.4 Å². The number of fused-ring (bicyclic) bond motifs is 2. The maximum absolute atomic E-state index is 12.9. The largest absolute Gasteiger partial charge is 0.497 e. The predicted molar refractivity (Wildman–Crippen MR) is 133 cm³/mol. The van der Waals surface area contributed by atoms with Gasteiger partial charge in [-0.15, -0.1) is 0 Å². The van der Waals surface area contributed by atoms with Crippen LogP contribution in [-0.4, -0.2) is 59.5 Å². The lowest BCUT2D eigenvalue weighted by Crippen LogP contribution is -2.59. The van der Waals surface area contributed by atoms with E-state index in [4.69, 9.17) is 14.2 Å². The summed E-state index contributed by atoms with van der Waals surface area (Å²) >= 11 is 1.35. The number of amides is 2. The van der Waals surface area contributed by atoms with Crippen LogP contribution in [0.4, 0.5) is 9.59 Å². The highest BCUT2D eigenvalue weighted by Gasteiger charge is 2.50. The number of rotatable bonds is 4. The number of thioether (sulfide) groups is 1. The van der Waals surface area contributed by atoms with Crippen molar-refractivity contribution >= 4 is 23.1 Å². The third kappa shape index (κ3) is 6.27. The molecule has 2 saturated heterocycles. The zero-order valence-corrected chi connectivity index (χ0v) is 21.0. The number of carbonyl (C=O) groups is 2. The van der Waals surface area contributed by atoms with E-state index in [9.17, 15) is 9.59 Å². The molecule has 7 nitrogen and oxygen atoms in total. The third-order valence-electron chi connectivity index (χ3n) is 6.96. The van der Waals surface area contributed by atoms with Crippen LogP contribution >= 0.6 is 11.8 Å². The van der Waals surface area contributed by atoms with Crippen molar-refractivity contribution in [3.63, 3.8) is 0 Å². The van der Waals surface area contributed by atoms with Gasteiger partial charge in [0.15, 0.2) is 0 Å². The Morgan fingerprint density at radius 3 is 2.71 bits per heavy atom. The minimum absolute atomic E-state index is 0.0314. The molecule has 3 aliphatic heterocycles. The SMILES string of the molecule is COc1ccc(CN2C(=O)SC[C@H]2[C@@]2(C)CC3C[C@@H](CCC/C=C\CCCOC(=O)N3)O2)cc1. The van der Waals surface area contributed by atoms with Gasteiger partial charge < -0.3 is 24.4 Å². The topological polar surface area (TPSA) is 77.1 Å². The molecule has 0 radical (unpaired) electrons. The number of benzene rings is 1. The first-order valence-electron chi connectivity index (χ1n) is 12.3. The molecule has 8 heteroatoms. The molecule has 1 N–H and O–H groups in total. The van der Waals surface area contributed by atoms with E-state index in [-0.39, 0.29) is 29.5 Å². The molecule has 2 fully saturated rings. The van der Waals surface area contributed by atoms with Gasteiger partial charge in [0.2, 0.25) is 0 Å². The smallest absolute Gasteiger partial charge is 0.407 e. The molecule has 0 saturated carbocycles. The van der Waals surface area contributed by atoms with E-state index in [0.717, 1.165) is 49.8 Å². The molecule has 0 spiro atoms. The van der Waals surface area contributed by atoms with Crippen LogP contribution in [0.5, 0.6) is 5.75 Å². The Bertz CT molecular complexity index is 876. The maximum Gasteiger partial charge on any atom is 0.407 e. The summed E-state index contributed by atoms with van der Waals surface area (Å²) in [6.45, 7) is 3.05. The molecule has 1 aromatic carbocycles. The number of hydrogen-bond donors (Lipinski definition) is 1. The summed E-state index contributed by atoms with van der Waals surface area (Å²) in [5.41, 5.74) is 0.497. The molecular formula is C26H36N2O5S. The number of ether oxygens (including phenoxy) is 3. The van der Waals surface area contributed by atoms with Crippen LogP contribution in [0.3, 0.4) is 0 Å². The van der Waals surface area contributed by atoms with Gasteiger partial charge in [-0.2, -0.15) is 0 Å². The van der Waals surface area contributed by atoms with Crippen LogP contribution in [0, 0.1) is 0 Å². The van der Waals surface area contributed by atoms with Crippen molar-refractivity contribution in [1.82, 2.24) is 10.2 Å². The van der Waals surface area contributed by atoms with Crippen molar-refractivity contribution in [2.75, 3.05) is 19.5 Å². The van der Waals surface area contributed by atoms with Crippen LogP contribution in [0.15, 0.2) is 36.4 Å². The van der Waals surface area contributed by atoms with Crippen molar-refractivity contribution in [3.8, 4) is 5.75 Å². The minimum Gasteiger partial charge on any atom is -0.497 e. The molecule has 0 aromatic heterocycles. The van der Waals surface area contributed by atoms with E-state index in [0.29, 0.717) is 25.3 Å². The fourth-order valence-electron chi connectivity index (χ4n) is 5.20. The lowest BCUT2D eigenvalue weighted by atomic mass is 9.82. The molecule has 2 bridgehead atoms. The van der Waals surface area contributed by atoms with E-state index < -0.39 is 5.60 Å². The Balaban J connectivity index is 1.51. The van der Waals surface area contributed by atoms with E-state index >= 15 is 0 Å². The second-order valence-electron chi connectivity index (χ2n) is 9.58. The lowest BCUT2D eigenvalue weighted by molar-refractivity contribution is -0.154. The van der Waals surface area contributed by atoms with Crippen molar-refractivity contribution in [1.29, 1.82) is 0 Å². The van der Waals surface area contributed by atoms with Gasteiger partial charge in [-0.25, -0.2) is 4.79 Å². The fourth-order valence-corrected chi connectivity index (χ4v) is 6.39. The summed E-state index contributed by atoms with van der Waals surface area (Å²) in [5.74, 6) is 1.47. The van der Waals surface area contributed by atoms with Crippen molar-refractivity contribution in [2.24, 2.45) is 0 Å². The second kappa shape index (κ2) is 11.5. The molecule has 3 heterocycles. The Kier molecular flexibility index (Phi) is 8.42. The number of alkyl carbamates (subject to hydrolysis) is 1. The maximum atomic E-state index is 12.9. The van der Waals surface area contributed by atoms with Crippen LogP contribution in [-0.2, 0) is 16.0 Å². The quantitative estimate of drug-likeness (QED) is 0.581. The molecule has 186 valence electrons. The number of carbonyl (C=O) groups excluding carboxylic acids is 2. The molecule has 1 unspecified atom stereocenters. The van der Waals surface area contributed by atoms with Crippen LogP contribution in [0.25, 0.3) is 0 Å². The lowest BCUT2D eigenvalue weighted by Gasteiger charge is -2.48. The van der Waals surface area contributed by atoms with Gasteiger partial charge in [-0.05, 0) is 69.6 Å². The Labute approximate surface area is 206 Å². The van der Waals surface area contributed by atoms with E-state index in [1.807, 2.05) is 29.2 Å². The normalized spacial score (nSPS) is 31.8. The Morgan fingerprint density at radius 2 is 1.94 bits per heavy atom. The van der Waals surface area contributed by atoms with Crippen LogP contribution in [0.2, 0.25) is 0 Å². The highest BCUT2D eigenvalue weighted by molar-refractivity contribution is 8.13. The molecule has 4 atom stereocenters. The fraction of sp³-hybridized carbons (Fsp3) is 0.615. The summed E-state index contributed by atoms with van der Waals surface area (Å²) in [4.78, 5) is 27.2. The molecule has 0 aliphatic carbocycles. The summed E-state index contributed by atoms with van der Waals surface area (Å²) in [7, 11) is 1.64. The summed E-state index contributed by atoms with van der Waals surface area (Å²) in [6.07, 6.45) is 10.2. The number of allylic oxidation sites excluding steroid dienone is 2. The molecule has 1 aromatic rings. The minimum atomic E-state index is -0.556. The molecule has 3 aliphatic rings. The summed E-state index contributed by atoms with van der Waals surface area (Å²) in [6, 6.07) is 7.71. The van der Waals surface area contributed by atoms with Gasteiger partial charge >= 0.3 is 6.09 Å². The average Bonchev–Trinajstić information content (AvgIpc) is 3.18. The first-order chi connectivity index (χ1) is 16.5. The van der Waals surface area contributed by atoms with Crippen molar-refractivity contribution < 1.29 is 23.8 Å². The van der Waals surface area contributed by atoms with Gasteiger partial charge in [0.05, 0.1) is 31.5 Å². The summed E-state index contributed by atoms with van der Waals surface area (Å²) in [5, 5.41) is 3.16. The van der Waals surface area contributed by atoms with Crippen LogP contribution in [0.1, 0.15) is 57.4 Å². The first-order valence-corrected chi connectivity index (χ1v) is 13.3. The summed E-state index contributed by atoms with van der Waals surface area (Å²) < 4.78 is 17.4. The Morgan fingerprint density at radius 1 is 1.18 bits per heavy atom. The van der Waals surface area contributed by atoms with Gasteiger partial charge in [0.1, 0.15) is 5.75 Å². The number of cyclic esters (lactones) is 1. The number of nitrogens with zero attached hydrogens (tertiary/aromatic N) is 1. The van der Waals surface area contributed by atoms with Crippen LogP contribution < -0.4 is 10.1 Å². The van der Waals surface area contributed by atoms with Gasteiger partial charge in [-0.3, -0.25) is 4.79 Å². The van der Waals surface area contributed by atoms with E-state index in [1.54, 1.807) is 7.11 Å². The van der Waals surface area contributed by atoms with E-state index in [1.165, 1.54) is 11.8 Å². The number of methoxy groups -OCH3 is 1. The van der Waals surface area contributed by atoms with Gasteiger partial charge in [-0.1, -0.05) is 36.0 Å². The highest BCUT2D eigenvalue weighted by Crippen LogP contribution is 2.41. The van der Waals surface area contributed by atoms with Gasteiger partial charge in [0, 0.05) is 18.3 Å². The van der Waals surface area contributed by atoms with Crippen molar-refractivity contribution in [2.45, 2.75) is 82.2 Å². The predicted octanol–water partition coefficient (Wildman–Crippen LogP) is 5.29. The molecule has 34 heavy (non-hydrogen) atoms. The second-order valence-corrected chi connectivity index (χ2v) is 10.6. The average molecular weight is 489 g/mol. The zero-order chi connectivity index (χ0) is 24.0. The molecule has 4 rings (SSSR count). The zero-order valence-electron chi connectivity index (χ0n) is 20.2. The standard InChI is InChI=1S/C26H36N2O5S/c1-26(23-18-34-25(30)28(23)17-19-10-12-21(31-2)13-11-19)16-20-15-22(33-26)9-7-5-3-4-6-8-14-32-24(29)27-20/h3-4,10-13,20,22-23H,5-9,14-18H2,1-2H3,(H,27,29)/b4-3-/t20?,22-,23+,26-/m1/s1. The third-order valence-corrected chi connectivity index (χ3v) is 7.92. The Hall–Kier alpha value is -2.19. The molecule has 2 amide bonds. The highest BCUT2D eigenvalue weighted by atomic mass is 32.2. The van der Waals surface area contributed by atoms with Gasteiger partial charge in [0.25, 0.3) is 5.24 Å². The molecular weight excluding hydrogens is 452 g/mol. The monoisotopic (exact) mass is 488 g/mol. The first kappa shape index (κ1) is 24.9. The number of hydrogen-bond acceptors (Lipinski definition) is 6.